The fraction of sp³-hybridized carbons (Fsp3) is 0.833. The summed E-state index contributed by atoms with van der Waals surface area (Å²) in [5, 5.41) is 0. The van der Waals surface area contributed by atoms with Gasteiger partial charge in [-0.05, 0) is 30.5 Å². The Morgan fingerprint density at radius 3 is 1.18 bits per heavy atom. The van der Waals surface area contributed by atoms with Crippen LogP contribution in [0.25, 0.3) is 0 Å². The summed E-state index contributed by atoms with van der Waals surface area (Å²) < 4.78 is 74.8. The van der Waals surface area contributed by atoms with Gasteiger partial charge in [-0.15, -0.1) is 0 Å². The van der Waals surface area contributed by atoms with Crippen LogP contribution in [-0.4, -0.2) is 144 Å². The van der Waals surface area contributed by atoms with E-state index in [1.165, 1.54) is 50.5 Å². The molecule has 0 fully saturated rings. The summed E-state index contributed by atoms with van der Waals surface area (Å²) in [6.07, 6.45) is 10.5. The number of aryl methyl sites for hydroxylation is 1. The van der Waals surface area contributed by atoms with Gasteiger partial charge in [0.25, 0.3) is 0 Å². The second kappa shape index (κ2) is 37.1. The SMILES string of the molecule is CCCCCCCCCc1ccc(OCCOCCOCCOCCOCCOCCOCCOCCOCCOCCOP(=O)(O)OC)cc1. The minimum absolute atomic E-state index is 0.0397. The zero-order valence-electron chi connectivity index (χ0n) is 31.3. The fourth-order valence-electron chi connectivity index (χ4n) is 4.38. The molecule has 0 bridgehead atoms. The van der Waals surface area contributed by atoms with Crippen LogP contribution in [-0.2, 0) is 62.7 Å². The number of hydrogen-bond acceptors (Lipinski definition) is 13. The van der Waals surface area contributed by atoms with Crippen LogP contribution in [0.4, 0.5) is 0 Å². The third kappa shape index (κ3) is 34.3. The first-order valence-corrected chi connectivity index (χ1v) is 20.0. The van der Waals surface area contributed by atoms with E-state index in [0.29, 0.717) is 119 Å². The first-order valence-electron chi connectivity index (χ1n) is 18.5. The molecule has 51 heavy (non-hydrogen) atoms. The van der Waals surface area contributed by atoms with Crippen LogP contribution >= 0.6 is 7.82 Å². The number of rotatable bonds is 41. The Morgan fingerprint density at radius 1 is 0.471 bits per heavy atom. The van der Waals surface area contributed by atoms with E-state index in [4.69, 9.17) is 52.3 Å². The molecule has 300 valence electrons. The zero-order valence-corrected chi connectivity index (χ0v) is 32.2. The summed E-state index contributed by atoms with van der Waals surface area (Å²) in [5.41, 5.74) is 1.37. The van der Waals surface area contributed by atoms with Gasteiger partial charge in [0.15, 0.2) is 0 Å². The molecule has 1 aromatic rings. The maximum absolute atomic E-state index is 11.1. The normalized spacial score (nSPS) is 12.8. The van der Waals surface area contributed by atoms with Gasteiger partial charge >= 0.3 is 7.82 Å². The Hall–Kier alpha value is -1.23. The van der Waals surface area contributed by atoms with Crippen molar-refractivity contribution in [3.05, 3.63) is 29.8 Å². The number of benzene rings is 1. The Kier molecular flexibility index (Phi) is 34.8. The quantitative estimate of drug-likeness (QED) is 0.0684. The first kappa shape index (κ1) is 47.8. The monoisotopic (exact) mass is 754 g/mol. The van der Waals surface area contributed by atoms with Crippen LogP contribution in [0.1, 0.15) is 57.4 Å². The molecule has 14 nitrogen and oxygen atoms in total. The van der Waals surface area contributed by atoms with Crippen LogP contribution < -0.4 is 4.74 Å². The molecule has 0 aromatic heterocycles. The minimum Gasteiger partial charge on any atom is -0.491 e. The molecule has 0 aliphatic carbocycles. The molecule has 0 radical (unpaired) electrons. The summed E-state index contributed by atoms with van der Waals surface area (Å²) in [6, 6.07) is 8.43. The van der Waals surface area contributed by atoms with Gasteiger partial charge in [0, 0.05) is 7.11 Å². The van der Waals surface area contributed by atoms with Gasteiger partial charge < -0.3 is 52.3 Å². The van der Waals surface area contributed by atoms with Crippen molar-refractivity contribution >= 4 is 7.82 Å². The molecule has 15 heteroatoms. The molecule has 0 aliphatic rings. The Labute approximate surface area is 306 Å². The smallest absolute Gasteiger partial charge is 0.471 e. The number of hydrogen-bond donors (Lipinski definition) is 1. The molecule has 0 aliphatic heterocycles. The standard InChI is InChI=1S/C36H67O14P/c1-3-4-5-6-7-8-9-10-35-11-13-36(14-12-35)49-33-31-47-29-27-45-25-23-43-21-19-41-17-15-40-16-18-42-20-22-44-24-26-46-28-30-48-32-34-50-51(37,38)39-2/h11-14H,3-10,15-34H2,1-2H3,(H,37,38). The lowest BCUT2D eigenvalue weighted by Crippen LogP contribution is -2.15. The lowest BCUT2D eigenvalue weighted by atomic mass is 10.0. The van der Waals surface area contributed by atoms with E-state index in [2.05, 4.69) is 28.1 Å². The molecule has 0 saturated carbocycles. The van der Waals surface area contributed by atoms with E-state index >= 15 is 0 Å². The number of ether oxygens (including phenoxy) is 10. The van der Waals surface area contributed by atoms with Gasteiger partial charge in [-0.25, -0.2) is 4.57 Å². The van der Waals surface area contributed by atoms with Crippen LogP contribution in [0.15, 0.2) is 24.3 Å². The highest BCUT2D eigenvalue weighted by atomic mass is 31.2. The summed E-state index contributed by atoms with van der Waals surface area (Å²) in [7, 11) is -2.84. The molecule has 0 saturated heterocycles. The van der Waals surface area contributed by atoms with Gasteiger partial charge in [0.2, 0.25) is 0 Å². The topological polar surface area (TPSA) is 148 Å². The van der Waals surface area contributed by atoms with Crippen LogP contribution in [0.2, 0.25) is 0 Å². The minimum atomic E-state index is -3.94. The molecular weight excluding hydrogens is 687 g/mol. The van der Waals surface area contributed by atoms with Gasteiger partial charge in [0.05, 0.1) is 126 Å². The molecular formula is C36H67O14P. The Morgan fingerprint density at radius 2 is 0.804 bits per heavy atom. The Bertz CT molecular complexity index is 895. The number of phosphoric ester groups is 1. The highest BCUT2D eigenvalue weighted by molar-refractivity contribution is 7.47. The molecule has 0 amide bonds. The van der Waals surface area contributed by atoms with Crippen molar-refractivity contribution in [3.63, 3.8) is 0 Å². The highest BCUT2D eigenvalue weighted by Crippen LogP contribution is 2.41. The van der Waals surface area contributed by atoms with E-state index in [1.54, 1.807) is 0 Å². The molecule has 0 spiro atoms. The molecule has 1 aromatic carbocycles. The average molecular weight is 755 g/mol. The molecule has 1 rings (SSSR count). The van der Waals surface area contributed by atoms with Crippen molar-refractivity contribution in [2.24, 2.45) is 0 Å². The van der Waals surface area contributed by atoms with E-state index in [-0.39, 0.29) is 13.2 Å². The number of unbranched alkanes of at least 4 members (excludes halogenated alkanes) is 6. The summed E-state index contributed by atoms with van der Waals surface area (Å²) >= 11 is 0. The van der Waals surface area contributed by atoms with Crippen molar-refractivity contribution in [2.75, 3.05) is 139 Å². The lowest BCUT2D eigenvalue weighted by Gasteiger charge is -2.10. The second-order valence-corrected chi connectivity index (χ2v) is 12.9. The van der Waals surface area contributed by atoms with E-state index in [9.17, 15) is 4.57 Å². The molecule has 1 atom stereocenters. The summed E-state index contributed by atoms with van der Waals surface area (Å²) in [4.78, 5) is 9.05. The highest BCUT2D eigenvalue weighted by Gasteiger charge is 2.17. The molecule has 1 unspecified atom stereocenters. The molecule has 0 heterocycles. The van der Waals surface area contributed by atoms with Crippen molar-refractivity contribution in [3.8, 4) is 5.75 Å². The van der Waals surface area contributed by atoms with Crippen LogP contribution in [0, 0.1) is 0 Å². The molecule has 1 N–H and O–H groups in total. The van der Waals surface area contributed by atoms with E-state index in [0.717, 1.165) is 19.3 Å². The lowest BCUT2D eigenvalue weighted by molar-refractivity contribution is -0.0258. The van der Waals surface area contributed by atoms with Crippen molar-refractivity contribution in [1.29, 1.82) is 0 Å². The van der Waals surface area contributed by atoms with Gasteiger partial charge in [0.1, 0.15) is 12.4 Å². The third-order valence-electron chi connectivity index (χ3n) is 7.18. The fourth-order valence-corrected chi connectivity index (χ4v) is 4.79. The van der Waals surface area contributed by atoms with E-state index < -0.39 is 7.82 Å². The van der Waals surface area contributed by atoms with E-state index in [1.807, 2.05) is 12.1 Å². The van der Waals surface area contributed by atoms with Gasteiger partial charge in [-0.3, -0.25) is 9.05 Å². The first-order chi connectivity index (χ1) is 25.1. The van der Waals surface area contributed by atoms with Crippen LogP contribution in [0.3, 0.4) is 0 Å². The number of phosphoric acid groups is 1. The van der Waals surface area contributed by atoms with Gasteiger partial charge in [-0.1, -0.05) is 57.6 Å². The summed E-state index contributed by atoms with van der Waals surface area (Å²) in [6.45, 7) is 10.9. The maximum atomic E-state index is 11.1. The largest absolute Gasteiger partial charge is 0.491 e. The summed E-state index contributed by atoms with van der Waals surface area (Å²) in [5.74, 6) is 0.879. The predicted molar refractivity (Wildman–Crippen MR) is 194 cm³/mol. The van der Waals surface area contributed by atoms with Crippen molar-refractivity contribution in [1.82, 2.24) is 0 Å². The maximum Gasteiger partial charge on any atom is 0.471 e. The second-order valence-electron chi connectivity index (χ2n) is 11.4. The predicted octanol–water partition coefficient (Wildman–Crippen LogP) is 5.27. The van der Waals surface area contributed by atoms with Crippen LogP contribution in [0.5, 0.6) is 5.75 Å². The third-order valence-corrected chi connectivity index (χ3v) is 8.15. The average Bonchev–Trinajstić information content (AvgIpc) is 3.14. The Balaban J connectivity index is 1.70. The van der Waals surface area contributed by atoms with Crippen molar-refractivity contribution in [2.45, 2.75) is 58.3 Å². The zero-order chi connectivity index (χ0) is 36.8. The van der Waals surface area contributed by atoms with Gasteiger partial charge in [-0.2, -0.15) is 0 Å². The van der Waals surface area contributed by atoms with Crippen molar-refractivity contribution < 1.29 is 65.9 Å².